The normalized spacial score (nSPS) is 20.4. The summed E-state index contributed by atoms with van der Waals surface area (Å²) in [6.45, 7) is 0. The molecule has 2 rings (SSSR count). The monoisotopic (exact) mass is 308 g/mol. The summed E-state index contributed by atoms with van der Waals surface area (Å²) in [5.74, 6) is -2.63. The van der Waals surface area contributed by atoms with E-state index in [1.165, 1.54) is 11.8 Å². The maximum atomic E-state index is 12.1. The molecule has 1 aromatic carbocycles. The first-order valence-electron chi connectivity index (χ1n) is 6.53. The lowest BCUT2D eigenvalue weighted by molar-refractivity contribution is -0.151. The fraction of sp³-hybridized carbons (Fsp3) is 0.357. The summed E-state index contributed by atoms with van der Waals surface area (Å²) in [6, 6.07) is 7.05. The van der Waals surface area contributed by atoms with Crippen molar-refractivity contribution in [1.29, 1.82) is 0 Å². The van der Waals surface area contributed by atoms with E-state index in [2.05, 4.69) is 5.32 Å². The number of aliphatic carboxylic acids is 1. The predicted octanol–water partition coefficient (Wildman–Crippen LogP) is 1.31. The summed E-state index contributed by atoms with van der Waals surface area (Å²) in [7, 11) is 0. The van der Waals surface area contributed by atoms with Crippen LogP contribution in [-0.2, 0) is 14.4 Å². The van der Waals surface area contributed by atoms with E-state index in [0.29, 0.717) is 18.5 Å². The number of benzene rings is 1. The van der Waals surface area contributed by atoms with Crippen LogP contribution in [0, 0.1) is 11.8 Å². The van der Waals surface area contributed by atoms with Crippen LogP contribution in [0.3, 0.4) is 0 Å². The van der Waals surface area contributed by atoms with Crippen LogP contribution in [0.25, 0.3) is 0 Å². The summed E-state index contributed by atoms with van der Waals surface area (Å²) in [5, 5.41) is 11.7. The van der Waals surface area contributed by atoms with E-state index in [1.807, 2.05) is 0 Å². The van der Waals surface area contributed by atoms with Crippen molar-refractivity contribution in [3.63, 3.8) is 0 Å². The lowest BCUT2D eigenvalue weighted by atomic mass is 9.73. The maximum Gasteiger partial charge on any atom is 0.307 e. The van der Waals surface area contributed by atoms with Gasteiger partial charge in [0.2, 0.25) is 11.8 Å². The molecule has 0 saturated heterocycles. The number of carboxylic acid groups (broad SMARTS) is 1. The first kappa shape index (κ1) is 15.4. The second kappa shape index (κ2) is 6.62. The minimum atomic E-state index is -0.933. The fourth-order valence-electron chi connectivity index (χ4n) is 2.18. The van der Waals surface area contributed by atoms with Gasteiger partial charge in [0.15, 0.2) is 0 Å². The number of primary amides is 1. The second-order valence-electron chi connectivity index (χ2n) is 4.87. The van der Waals surface area contributed by atoms with Crippen LogP contribution in [0.1, 0.15) is 12.8 Å². The molecule has 0 aromatic heterocycles. The molecule has 0 heterocycles. The van der Waals surface area contributed by atoms with Gasteiger partial charge in [-0.3, -0.25) is 14.4 Å². The van der Waals surface area contributed by atoms with Gasteiger partial charge in [0.05, 0.1) is 23.3 Å². The van der Waals surface area contributed by atoms with Crippen LogP contribution < -0.4 is 11.1 Å². The van der Waals surface area contributed by atoms with Gasteiger partial charge < -0.3 is 16.2 Å². The molecule has 0 bridgehead atoms. The van der Waals surface area contributed by atoms with Crippen molar-refractivity contribution in [2.75, 3.05) is 11.1 Å². The Hall–Kier alpha value is -2.02. The number of nitrogens with two attached hydrogens (primary N) is 1. The summed E-state index contributed by atoms with van der Waals surface area (Å²) in [6.07, 6.45) is 1.12. The summed E-state index contributed by atoms with van der Waals surface area (Å²) in [4.78, 5) is 34.7. The Morgan fingerprint density at radius 3 is 2.48 bits per heavy atom. The molecule has 2 amide bonds. The van der Waals surface area contributed by atoms with Gasteiger partial charge in [0, 0.05) is 4.90 Å². The number of carbonyl (C=O) groups excluding carboxylic acids is 2. The Balaban J connectivity index is 2.04. The number of amides is 2. The zero-order chi connectivity index (χ0) is 15.4. The predicted molar refractivity (Wildman–Crippen MR) is 78.8 cm³/mol. The SMILES string of the molecule is NC(=O)CSc1ccccc1NC(=O)C1CCC1C(=O)O. The highest BCUT2D eigenvalue weighted by atomic mass is 32.2. The maximum absolute atomic E-state index is 12.1. The Kier molecular flexibility index (Phi) is 4.85. The smallest absolute Gasteiger partial charge is 0.307 e. The molecular formula is C14H16N2O4S. The van der Waals surface area contributed by atoms with Crippen molar-refractivity contribution in [2.24, 2.45) is 17.6 Å². The largest absolute Gasteiger partial charge is 0.481 e. The number of hydrogen-bond donors (Lipinski definition) is 3. The summed E-state index contributed by atoms with van der Waals surface area (Å²) < 4.78 is 0. The van der Waals surface area contributed by atoms with Crippen LogP contribution in [0.15, 0.2) is 29.2 Å². The van der Waals surface area contributed by atoms with E-state index in [9.17, 15) is 14.4 Å². The molecular weight excluding hydrogens is 292 g/mol. The van der Waals surface area contributed by atoms with Gasteiger partial charge in [-0.2, -0.15) is 0 Å². The molecule has 2 unspecified atom stereocenters. The van der Waals surface area contributed by atoms with Gasteiger partial charge in [-0.05, 0) is 25.0 Å². The van der Waals surface area contributed by atoms with Crippen molar-refractivity contribution >= 4 is 35.2 Å². The highest BCUT2D eigenvalue weighted by Crippen LogP contribution is 2.36. The molecule has 6 nitrogen and oxygen atoms in total. The van der Waals surface area contributed by atoms with Crippen LogP contribution in [0.5, 0.6) is 0 Å². The van der Waals surface area contributed by atoms with Gasteiger partial charge in [-0.15, -0.1) is 11.8 Å². The fourth-order valence-corrected chi connectivity index (χ4v) is 2.93. The van der Waals surface area contributed by atoms with Crippen LogP contribution in [0.2, 0.25) is 0 Å². The number of hydrogen-bond acceptors (Lipinski definition) is 4. The summed E-state index contributed by atoms with van der Waals surface area (Å²) in [5.41, 5.74) is 5.68. The molecule has 4 N–H and O–H groups in total. The van der Waals surface area contributed by atoms with Crippen molar-refractivity contribution in [1.82, 2.24) is 0 Å². The third-order valence-corrected chi connectivity index (χ3v) is 4.54. The standard InChI is InChI=1S/C14H16N2O4S/c15-12(17)7-21-11-4-2-1-3-10(11)16-13(18)8-5-6-9(8)14(19)20/h1-4,8-9H,5-7H2,(H2,15,17)(H,16,18)(H,19,20). The molecule has 0 radical (unpaired) electrons. The van der Waals surface area contributed by atoms with E-state index in [4.69, 9.17) is 10.8 Å². The third kappa shape index (κ3) is 3.75. The minimum Gasteiger partial charge on any atom is -0.481 e. The van der Waals surface area contributed by atoms with Gasteiger partial charge in [-0.25, -0.2) is 0 Å². The zero-order valence-corrected chi connectivity index (χ0v) is 12.1. The number of para-hydroxylation sites is 1. The molecule has 1 aromatic rings. The Bertz CT molecular complexity index is 576. The molecule has 112 valence electrons. The number of rotatable bonds is 6. The van der Waals surface area contributed by atoms with Crippen molar-refractivity contribution < 1.29 is 19.5 Å². The van der Waals surface area contributed by atoms with E-state index in [1.54, 1.807) is 24.3 Å². The highest BCUT2D eigenvalue weighted by molar-refractivity contribution is 8.00. The lowest BCUT2D eigenvalue weighted by Gasteiger charge is -2.32. The van der Waals surface area contributed by atoms with E-state index < -0.39 is 23.7 Å². The van der Waals surface area contributed by atoms with Crippen LogP contribution >= 0.6 is 11.8 Å². The van der Waals surface area contributed by atoms with Gasteiger partial charge in [-0.1, -0.05) is 12.1 Å². The molecule has 0 aliphatic heterocycles. The molecule has 7 heteroatoms. The van der Waals surface area contributed by atoms with Gasteiger partial charge in [0.1, 0.15) is 0 Å². The Labute approximate surface area is 126 Å². The average molecular weight is 308 g/mol. The van der Waals surface area contributed by atoms with Gasteiger partial charge >= 0.3 is 5.97 Å². The van der Waals surface area contributed by atoms with E-state index in [0.717, 1.165) is 4.90 Å². The van der Waals surface area contributed by atoms with Crippen LogP contribution in [-0.4, -0.2) is 28.6 Å². The second-order valence-corrected chi connectivity index (χ2v) is 5.89. The highest BCUT2D eigenvalue weighted by Gasteiger charge is 2.41. The minimum absolute atomic E-state index is 0.119. The molecule has 2 atom stereocenters. The van der Waals surface area contributed by atoms with Crippen molar-refractivity contribution in [3.8, 4) is 0 Å². The molecule has 1 aliphatic carbocycles. The Morgan fingerprint density at radius 1 is 1.24 bits per heavy atom. The molecule has 21 heavy (non-hydrogen) atoms. The summed E-state index contributed by atoms with van der Waals surface area (Å²) >= 11 is 1.24. The van der Waals surface area contributed by atoms with Crippen LogP contribution in [0.4, 0.5) is 5.69 Å². The first-order valence-corrected chi connectivity index (χ1v) is 7.51. The Morgan fingerprint density at radius 2 is 1.90 bits per heavy atom. The zero-order valence-electron chi connectivity index (χ0n) is 11.2. The number of nitrogens with one attached hydrogen (secondary N) is 1. The lowest BCUT2D eigenvalue weighted by Crippen LogP contribution is -2.41. The topological polar surface area (TPSA) is 109 Å². The molecule has 0 spiro atoms. The third-order valence-electron chi connectivity index (χ3n) is 3.44. The number of carbonyl (C=O) groups is 3. The average Bonchev–Trinajstić information content (AvgIpc) is 2.35. The van der Waals surface area contributed by atoms with Crippen molar-refractivity contribution in [2.45, 2.75) is 17.7 Å². The van der Waals surface area contributed by atoms with Gasteiger partial charge in [0.25, 0.3) is 0 Å². The molecule has 1 saturated carbocycles. The van der Waals surface area contributed by atoms with E-state index >= 15 is 0 Å². The first-order chi connectivity index (χ1) is 9.99. The van der Waals surface area contributed by atoms with E-state index in [-0.39, 0.29) is 11.7 Å². The number of carboxylic acids is 1. The number of thioether (sulfide) groups is 1. The molecule has 1 fully saturated rings. The quantitative estimate of drug-likeness (QED) is 0.686. The molecule has 1 aliphatic rings. The number of anilines is 1. The van der Waals surface area contributed by atoms with Crippen molar-refractivity contribution in [3.05, 3.63) is 24.3 Å².